The van der Waals surface area contributed by atoms with Gasteiger partial charge in [0.2, 0.25) is 0 Å². The molecule has 2 amide bonds. The molecule has 0 aromatic heterocycles. The van der Waals surface area contributed by atoms with E-state index in [1.165, 1.54) is 6.42 Å². The Hall–Kier alpha value is -1.26. The minimum atomic E-state index is -1.07. The lowest BCUT2D eigenvalue weighted by Crippen LogP contribution is -2.58. The Morgan fingerprint density at radius 2 is 1.60 bits per heavy atom. The van der Waals surface area contributed by atoms with Crippen LogP contribution in [0.4, 0.5) is 4.79 Å². The number of carboxylic acids is 1. The molecule has 0 aromatic rings. The largest absolute Gasteiger partial charge is 0.480 e. The molecule has 5 heteroatoms. The van der Waals surface area contributed by atoms with Crippen molar-refractivity contribution in [1.29, 1.82) is 0 Å². The SMILES string of the molecule is CC1(CNC(=O)NC2(C(=O)O)CCCCCC2)CCC1. The maximum Gasteiger partial charge on any atom is 0.329 e. The second-order valence-corrected chi connectivity index (χ2v) is 6.77. The van der Waals surface area contributed by atoms with Crippen molar-refractivity contribution in [2.24, 2.45) is 5.41 Å². The van der Waals surface area contributed by atoms with Gasteiger partial charge in [-0.25, -0.2) is 9.59 Å². The molecular weight excluding hydrogens is 256 g/mol. The third-order valence-electron chi connectivity index (χ3n) is 4.96. The molecule has 0 atom stereocenters. The lowest BCUT2D eigenvalue weighted by atomic mass is 9.70. The molecule has 114 valence electrons. The minimum Gasteiger partial charge on any atom is -0.480 e. The van der Waals surface area contributed by atoms with Gasteiger partial charge in [-0.05, 0) is 31.1 Å². The van der Waals surface area contributed by atoms with E-state index >= 15 is 0 Å². The molecule has 0 bridgehead atoms. The van der Waals surface area contributed by atoms with E-state index in [1.807, 2.05) is 0 Å². The number of carboxylic acid groups (broad SMARTS) is 1. The standard InChI is InChI=1S/C15H26N2O3/c1-14(7-6-8-14)11-16-13(20)17-15(12(18)19)9-4-2-3-5-10-15/h2-11H2,1H3,(H,18,19)(H2,16,17,20). The number of nitrogens with one attached hydrogen (secondary N) is 2. The Morgan fingerprint density at radius 1 is 1.00 bits per heavy atom. The molecular formula is C15H26N2O3. The fourth-order valence-electron chi connectivity index (χ4n) is 3.24. The number of carbonyl (C=O) groups excluding carboxylic acids is 1. The topological polar surface area (TPSA) is 78.4 Å². The van der Waals surface area contributed by atoms with Gasteiger partial charge in [0.1, 0.15) is 5.54 Å². The van der Waals surface area contributed by atoms with Crippen LogP contribution in [0.3, 0.4) is 0 Å². The molecule has 0 aliphatic heterocycles. The fourth-order valence-corrected chi connectivity index (χ4v) is 3.24. The van der Waals surface area contributed by atoms with E-state index in [0.29, 0.717) is 19.4 Å². The molecule has 0 aromatic carbocycles. The van der Waals surface area contributed by atoms with Gasteiger partial charge in [0.05, 0.1) is 0 Å². The first-order valence-corrected chi connectivity index (χ1v) is 7.75. The Kier molecular flexibility index (Phi) is 4.55. The first kappa shape index (κ1) is 15.1. The van der Waals surface area contributed by atoms with E-state index in [-0.39, 0.29) is 11.4 Å². The van der Waals surface area contributed by atoms with Crippen molar-refractivity contribution in [2.75, 3.05) is 6.54 Å². The number of hydrogen-bond donors (Lipinski definition) is 3. The van der Waals surface area contributed by atoms with E-state index in [9.17, 15) is 14.7 Å². The summed E-state index contributed by atoms with van der Waals surface area (Å²) >= 11 is 0. The molecule has 3 N–H and O–H groups in total. The lowest BCUT2D eigenvalue weighted by molar-refractivity contribution is -0.145. The van der Waals surface area contributed by atoms with Crippen LogP contribution >= 0.6 is 0 Å². The summed E-state index contributed by atoms with van der Waals surface area (Å²) in [6, 6.07) is -0.331. The first-order valence-electron chi connectivity index (χ1n) is 7.75. The summed E-state index contributed by atoms with van der Waals surface area (Å²) in [6.45, 7) is 2.80. The van der Waals surface area contributed by atoms with Crippen molar-refractivity contribution in [3.05, 3.63) is 0 Å². The van der Waals surface area contributed by atoms with Crippen molar-refractivity contribution in [3.63, 3.8) is 0 Å². The highest BCUT2D eigenvalue weighted by atomic mass is 16.4. The summed E-state index contributed by atoms with van der Waals surface area (Å²) in [7, 11) is 0. The number of carbonyl (C=O) groups is 2. The number of amides is 2. The average molecular weight is 282 g/mol. The Morgan fingerprint density at radius 3 is 2.05 bits per heavy atom. The predicted molar refractivity (Wildman–Crippen MR) is 76.6 cm³/mol. The quantitative estimate of drug-likeness (QED) is 0.694. The molecule has 0 radical (unpaired) electrons. The summed E-state index contributed by atoms with van der Waals surface area (Å²) in [5, 5.41) is 15.1. The summed E-state index contributed by atoms with van der Waals surface area (Å²) in [5.41, 5.74) is -0.863. The summed E-state index contributed by atoms with van der Waals surface area (Å²) in [4.78, 5) is 23.6. The van der Waals surface area contributed by atoms with Crippen molar-refractivity contribution >= 4 is 12.0 Å². The Balaban J connectivity index is 1.89. The van der Waals surface area contributed by atoms with Gasteiger partial charge in [-0.1, -0.05) is 39.0 Å². The van der Waals surface area contributed by atoms with E-state index in [2.05, 4.69) is 17.6 Å². The zero-order valence-electron chi connectivity index (χ0n) is 12.3. The average Bonchev–Trinajstić information content (AvgIpc) is 2.60. The smallest absolute Gasteiger partial charge is 0.329 e. The highest BCUT2D eigenvalue weighted by Gasteiger charge is 2.40. The van der Waals surface area contributed by atoms with Crippen LogP contribution in [0.5, 0.6) is 0 Å². The highest BCUT2D eigenvalue weighted by Crippen LogP contribution is 2.39. The third kappa shape index (κ3) is 3.44. The molecule has 2 fully saturated rings. The van der Waals surface area contributed by atoms with Crippen LogP contribution < -0.4 is 10.6 Å². The van der Waals surface area contributed by atoms with Crippen molar-refractivity contribution in [1.82, 2.24) is 10.6 Å². The molecule has 0 unspecified atom stereocenters. The van der Waals surface area contributed by atoms with Crippen molar-refractivity contribution in [2.45, 2.75) is 70.3 Å². The molecule has 2 aliphatic rings. The van der Waals surface area contributed by atoms with Crippen LogP contribution in [-0.2, 0) is 4.79 Å². The maximum atomic E-state index is 12.0. The monoisotopic (exact) mass is 282 g/mol. The molecule has 0 heterocycles. The van der Waals surface area contributed by atoms with E-state index in [4.69, 9.17) is 0 Å². The third-order valence-corrected chi connectivity index (χ3v) is 4.96. The van der Waals surface area contributed by atoms with Crippen LogP contribution in [0.2, 0.25) is 0 Å². The lowest BCUT2D eigenvalue weighted by Gasteiger charge is -2.39. The Labute approximate surface area is 120 Å². The fraction of sp³-hybridized carbons (Fsp3) is 0.867. The zero-order valence-corrected chi connectivity index (χ0v) is 12.3. The van der Waals surface area contributed by atoms with Crippen LogP contribution in [-0.4, -0.2) is 29.2 Å². The second kappa shape index (κ2) is 6.02. The van der Waals surface area contributed by atoms with Gasteiger partial charge in [-0.2, -0.15) is 0 Å². The molecule has 2 aliphatic carbocycles. The van der Waals surface area contributed by atoms with Crippen LogP contribution in [0.1, 0.15) is 64.7 Å². The van der Waals surface area contributed by atoms with Gasteiger partial charge in [-0.3, -0.25) is 0 Å². The second-order valence-electron chi connectivity index (χ2n) is 6.77. The number of aliphatic carboxylic acids is 1. The van der Waals surface area contributed by atoms with Gasteiger partial charge in [-0.15, -0.1) is 0 Å². The van der Waals surface area contributed by atoms with Gasteiger partial charge < -0.3 is 15.7 Å². The van der Waals surface area contributed by atoms with Crippen LogP contribution in [0, 0.1) is 5.41 Å². The number of hydrogen-bond acceptors (Lipinski definition) is 2. The summed E-state index contributed by atoms with van der Waals surface area (Å²) in [5.74, 6) is -0.899. The van der Waals surface area contributed by atoms with Crippen LogP contribution in [0.15, 0.2) is 0 Å². The van der Waals surface area contributed by atoms with Crippen LogP contribution in [0.25, 0.3) is 0 Å². The van der Waals surface area contributed by atoms with Gasteiger partial charge in [0.15, 0.2) is 0 Å². The van der Waals surface area contributed by atoms with Crippen molar-refractivity contribution < 1.29 is 14.7 Å². The van der Waals surface area contributed by atoms with Gasteiger partial charge >= 0.3 is 12.0 Å². The molecule has 5 nitrogen and oxygen atoms in total. The summed E-state index contributed by atoms with van der Waals surface area (Å²) < 4.78 is 0. The normalized spacial score (nSPS) is 24.1. The van der Waals surface area contributed by atoms with E-state index < -0.39 is 11.5 Å². The molecule has 20 heavy (non-hydrogen) atoms. The van der Waals surface area contributed by atoms with E-state index in [0.717, 1.165) is 38.5 Å². The van der Waals surface area contributed by atoms with Gasteiger partial charge in [0, 0.05) is 6.54 Å². The Bertz CT molecular complexity index is 369. The first-order chi connectivity index (χ1) is 9.46. The molecule has 2 saturated carbocycles. The number of urea groups is 1. The van der Waals surface area contributed by atoms with Gasteiger partial charge in [0.25, 0.3) is 0 Å². The van der Waals surface area contributed by atoms with E-state index in [1.54, 1.807) is 0 Å². The minimum absolute atomic E-state index is 0.206. The van der Waals surface area contributed by atoms with Crippen molar-refractivity contribution in [3.8, 4) is 0 Å². The molecule has 0 saturated heterocycles. The highest BCUT2D eigenvalue weighted by molar-refractivity contribution is 5.86. The predicted octanol–water partition coefficient (Wildman–Crippen LogP) is 2.65. The maximum absolute atomic E-state index is 12.0. The molecule has 0 spiro atoms. The summed E-state index contributed by atoms with van der Waals surface area (Å²) in [6.07, 6.45) is 8.40. The number of rotatable bonds is 4. The zero-order chi connectivity index (χ0) is 14.6. The molecule has 2 rings (SSSR count).